The zero-order valence-corrected chi connectivity index (χ0v) is 12.4. The molecule has 1 aliphatic heterocycles. The minimum absolute atomic E-state index is 0.176. The Morgan fingerprint density at radius 1 is 1.26 bits per heavy atom. The van der Waals surface area contributed by atoms with Crippen molar-refractivity contribution in [3.8, 4) is 0 Å². The summed E-state index contributed by atoms with van der Waals surface area (Å²) in [6, 6.07) is 2.98. The fraction of sp³-hybridized carbons (Fsp3) is 0.636. The Morgan fingerprint density at radius 2 is 1.89 bits per heavy atom. The van der Waals surface area contributed by atoms with Crippen molar-refractivity contribution in [1.29, 1.82) is 0 Å². The van der Waals surface area contributed by atoms with E-state index < -0.39 is 10.2 Å². The zero-order valence-electron chi connectivity index (χ0n) is 10.9. The molecule has 0 aliphatic carbocycles. The summed E-state index contributed by atoms with van der Waals surface area (Å²) >= 11 is 5.61. The van der Waals surface area contributed by atoms with Crippen LogP contribution in [0.1, 0.15) is 20.3 Å². The lowest BCUT2D eigenvalue weighted by Crippen LogP contribution is -2.45. The Balaban J connectivity index is 2.11. The summed E-state index contributed by atoms with van der Waals surface area (Å²) < 4.78 is 28.4. The largest absolute Gasteiger partial charge is 0.302 e. The van der Waals surface area contributed by atoms with Crippen LogP contribution < -0.4 is 4.72 Å². The maximum atomic E-state index is 12.2. The number of halogens is 1. The molecule has 2 unspecified atom stereocenters. The van der Waals surface area contributed by atoms with E-state index in [2.05, 4.69) is 28.8 Å². The highest BCUT2D eigenvalue weighted by molar-refractivity contribution is 7.90. The Bertz CT molecular complexity index is 524. The maximum Gasteiger partial charge on any atom is 0.302 e. The van der Waals surface area contributed by atoms with E-state index in [1.807, 2.05) is 0 Å². The summed E-state index contributed by atoms with van der Waals surface area (Å²) in [5, 5.41) is 7.53. The highest BCUT2D eigenvalue weighted by atomic mass is 35.5. The molecule has 0 radical (unpaired) electrons. The van der Waals surface area contributed by atoms with Crippen LogP contribution in [-0.2, 0) is 10.2 Å². The quantitative estimate of drug-likeness (QED) is 0.923. The molecule has 0 spiro atoms. The minimum Gasteiger partial charge on any atom is -0.253 e. The van der Waals surface area contributed by atoms with Gasteiger partial charge in [-0.25, -0.2) is 0 Å². The van der Waals surface area contributed by atoms with Gasteiger partial charge in [0.25, 0.3) is 0 Å². The average Bonchev–Trinajstić information content (AvgIpc) is 2.31. The molecule has 1 fully saturated rings. The van der Waals surface area contributed by atoms with E-state index in [-0.39, 0.29) is 11.0 Å². The standard InChI is InChI=1S/C11H17ClN4O2S/c1-8-5-9(2)7-16(6-8)19(17,18)15-11-4-3-10(12)13-14-11/h3-4,8-9H,5-7H2,1-2H3,(H,14,15). The topological polar surface area (TPSA) is 75.2 Å². The van der Waals surface area contributed by atoms with E-state index in [4.69, 9.17) is 11.6 Å². The molecular formula is C11H17ClN4O2S. The lowest BCUT2D eigenvalue weighted by molar-refractivity contribution is 0.223. The summed E-state index contributed by atoms with van der Waals surface area (Å²) in [5.74, 6) is 0.892. The molecular weight excluding hydrogens is 288 g/mol. The van der Waals surface area contributed by atoms with Gasteiger partial charge in [-0.05, 0) is 30.4 Å². The van der Waals surface area contributed by atoms with Gasteiger partial charge in [-0.2, -0.15) is 12.7 Å². The van der Waals surface area contributed by atoms with Gasteiger partial charge >= 0.3 is 10.2 Å². The number of piperidine rings is 1. The molecule has 1 saturated heterocycles. The first-order valence-corrected chi connectivity index (χ1v) is 7.96. The molecule has 2 atom stereocenters. The summed E-state index contributed by atoms with van der Waals surface area (Å²) in [4.78, 5) is 0. The highest BCUT2D eigenvalue weighted by Crippen LogP contribution is 2.23. The molecule has 1 aliphatic rings. The number of anilines is 1. The van der Waals surface area contributed by atoms with E-state index in [1.165, 1.54) is 16.4 Å². The van der Waals surface area contributed by atoms with Gasteiger partial charge in [0.05, 0.1) is 0 Å². The van der Waals surface area contributed by atoms with Crippen molar-refractivity contribution in [3.63, 3.8) is 0 Å². The number of hydrogen-bond acceptors (Lipinski definition) is 4. The third kappa shape index (κ3) is 3.77. The monoisotopic (exact) mass is 304 g/mol. The molecule has 6 nitrogen and oxygen atoms in total. The molecule has 2 heterocycles. The number of rotatable bonds is 3. The van der Waals surface area contributed by atoms with Gasteiger partial charge < -0.3 is 0 Å². The Labute approximate surface area is 118 Å². The molecule has 106 valence electrons. The van der Waals surface area contributed by atoms with Gasteiger partial charge in [0.15, 0.2) is 11.0 Å². The lowest BCUT2D eigenvalue weighted by Gasteiger charge is -2.33. The molecule has 19 heavy (non-hydrogen) atoms. The average molecular weight is 305 g/mol. The molecule has 0 saturated carbocycles. The van der Waals surface area contributed by atoms with Crippen LogP contribution in [0, 0.1) is 11.8 Å². The highest BCUT2D eigenvalue weighted by Gasteiger charge is 2.30. The summed E-state index contributed by atoms with van der Waals surface area (Å²) in [5.41, 5.74) is 0. The van der Waals surface area contributed by atoms with Crippen molar-refractivity contribution in [2.45, 2.75) is 20.3 Å². The molecule has 1 aromatic rings. The van der Waals surface area contributed by atoms with Gasteiger partial charge in [0.1, 0.15) is 0 Å². The molecule has 0 bridgehead atoms. The Morgan fingerprint density at radius 3 is 2.42 bits per heavy atom. The lowest BCUT2D eigenvalue weighted by atomic mass is 9.94. The minimum atomic E-state index is -3.58. The van der Waals surface area contributed by atoms with Crippen LogP contribution in [0.3, 0.4) is 0 Å². The van der Waals surface area contributed by atoms with Crippen molar-refractivity contribution in [1.82, 2.24) is 14.5 Å². The summed E-state index contributed by atoms with van der Waals surface area (Å²) in [6.45, 7) is 5.17. The van der Waals surface area contributed by atoms with Crippen LogP contribution >= 0.6 is 11.6 Å². The second-order valence-corrected chi connectivity index (χ2v) is 7.17. The summed E-state index contributed by atoms with van der Waals surface area (Å²) in [6.07, 6.45) is 1.05. The second kappa shape index (κ2) is 5.60. The van der Waals surface area contributed by atoms with E-state index in [9.17, 15) is 8.42 Å². The molecule has 8 heteroatoms. The van der Waals surface area contributed by atoms with Crippen LogP contribution in [-0.4, -0.2) is 36.0 Å². The first-order chi connectivity index (χ1) is 8.87. The van der Waals surface area contributed by atoms with Crippen molar-refractivity contribution in [3.05, 3.63) is 17.3 Å². The number of nitrogens with zero attached hydrogens (tertiary/aromatic N) is 3. The zero-order chi connectivity index (χ0) is 14.0. The van der Waals surface area contributed by atoms with Gasteiger partial charge in [-0.15, -0.1) is 10.2 Å². The molecule has 0 aromatic carbocycles. The van der Waals surface area contributed by atoms with Gasteiger partial charge in [-0.3, -0.25) is 4.72 Å². The van der Waals surface area contributed by atoms with E-state index in [0.717, 1.165) is 6.42 Å². The first kappa shape index (κ1) is 14.5. The predicted molar refractivity (Wildman–Crippen MR) is 74.1 cm³/mol. The third-order valence-electron chi connectivity index (χ3n) is 3.04. The van der Waals surface area contributed by atoms with E-state index in [1.54, 1.807) is 0 Å². The van der Waals surface area contributed by atoms with E-state index >= 15 is 0 Å². The van der Waals surface area contributed by atoms with Gasteiger partial charge in [-0.1, -0.05) is 25.4 Å². The fourth-order valence-corrected chi connectivity index (χ4v) is 3.87. The smallest absolute Gasteiger partial charge is 0.253 e. The van der Waals surface area contributed by atoms with Gasteiger partial charge in [0, 0.05) is 13.1 Å². The number of hydrogen-bond donors (Lipinski definition) is 1. The molecule has 1 N–H and O–H groups in total. The van der Waals surface area contributed by atoms with Crippen molar-refractivity contribution in [2.24, 2.45) is 11.8 Å². The second-order valence-electron chi connectivity index (χ2n) is 5.11. The van der Waals surface area contributed by atoms with Crippen molar-refractivity contribution < 1.29 is 8.42 Å². The normalized spacial score (nSPS) is 25.2. The van der Waals surface area contributed by atoms with Crippen LogP contribution in [0.2, 0.25) is 5.15 Å². The third-order valence-corrected chi connectivity index (χ3v) is 4.69. The van der Waals surface area contributed by atoms with Crippen LogP contribution in [0.25, 0.3) is 0 Å². The number of aromatic nitrogens is 2. The van der Waals surface area contributed by atoms with Crippen molar-refractivity contribution in [2.75, 3.05) is 17.8 Å². The van der Waals surface area contributed by atoms with Crippen LogP contribution in [0.4, 0.5) is 5.82 Å². The Kier molecular flexibility index (Phi) is 4.27. The van der Waals surface area contributed by atoms with E-state index in [0.29, 0.717) is 24.9 Å². The van der Waals surface area contributed by atoms with Crippen molar-refractivity contribution >= 4 is 27.6 Å². The molecule has 0 amide bonds. The van der Waals surface area contributed by atoms with Crippen LogP contribution in [0.5, 0.6) is 0 Å². The maximum absolute atomic E-state index is 12.2. The van der Waals surface area contributed by atoms with Crippen LogP contribution in [0.15, 0.2) is 12.1 Å². The Hall–Kier alpha value is -0.920. The first-order valence-electron chi connectivity index (χ1n) is 6.14. The SMILES string of the molecule is CC1CC(C)CN(S(=O)(=O)Nc2ccc(Cl)nn2)C1. The fourth-order valence-electron chi connectivity index (χ4n) is 2.37. The molecule has 2 rings (SSSR count). The predicted octanol–water partition coefficient (Wildman–Crippen LogP) is 1.76. The summed E-state index contributed by atoms with van der Waals surface area (Å²) in [7, 11) is -3.58. The number of nitrogens with one attached hydrogen (secondary N) is 1. The molecule has 1 aromatic heterocycles. The van der Waals surface area contributed by atoms with Gasteiger partial charge in [0.2, 0.25) is 0 Å².